The monoisotopic (exact) mass is 297 g/mol. The van der Waals surface area contributed by atoms with Crippen LogP contribution in [0.15, 0.2) is 48.8 Å². The molecular weight excluding hydrogens is 278 g/mol. The Hall–Kier alpha value is -2.40. The fourth-order valence-electron chi connectivity index (χ4n) is 2.92. The standard InChI is InChI=1S/C17H19N3O2/c21-16(20-14-7-4-10-18-11-14)19-12-17(22)9-3-6-13-5-1-2-8-15(13)17/h1-2,4-5,7-8,10-11,22H,3,6,9,12H2,(H2,19,20,21). The molecule has 5 heteroatoms. The first-order chi connectivity index (χ1) is 10.7. The van der Waals surface area contributed by atoms with Crippen LogP contribution in [-0.4, -0.2) is 22.7 Å². The first-order valence-corrected chi connectivity index (χ1v) is 7.43. The molecule has 0 radical (unpaired) electrons. The highest BCUT2D eigenvalue weighted by Gasteiger charge is 2.34. The van der Waals surface area contributed by atoms with Gasteiger partial charge in [0.2, 0.25) is 0 Å². The zero-order valence-electron chi connectivity index (χ0n) is 12.2. The van der Waals surface area contributed by atoms with Gasteiger partial charge in [0, 0.05) is 6.20 Å². The van der Waals surface area contributed by atoms with E-state index in [0.717, 1.165) is 24.0 Å². The Morgan fingerprint density at radius 1 is 1.27 bits per heavy atom. The summed E-state index contributed by atoms with van der Waals surface area (Å²) in [6.45, 7) is 0.191. The molecule has 0 spiro atoms. The lowest BCUT2D eigenvalue weighted by Gasteiger charge is -2.34. The van der Waals surface area contributed by atoms with Crippen molar-refractivity contribution in [1.29, 1.82) is 0 Å². The lowest BCUT2D eigenvalue weighted by atomic mass is 9.79. The maximum Gasteiger partial charge on any atom is 0.319 e. The number of benzene rings is 1. The van der Waals surface area contributed by atoms with E-state index in [2.05, 4.69) is 15.6 Å². The number of anilines is 1. The summed E-state index contributed by atoms with van der Waals surface area (Å²) in [5.74, 6) is 0. The molecule has 1 aromatic carbocycles. The van der Waals surface area contributed by atoms with E-state index in [1.165, 1.54) is 0 Å². The van der Waals surface area contributed by atoms with Crippen molar-refractivity contribution in [3.63, 3.8) is 0 Å². The largest absolute Gasteiger partial charge is 0.383 e. The van der Waals surface area contributed by atoms with Crippen molar-refractivity contribution in [2.75, 3.05) is 11.9 Å². The van der Waals surface area contributed by atoms with Gasteiger partial charge in [0.15, 0.2) is 0 Å². The van der Waals surface area contributed by atoms with Crippen molar-refractivity contribution in [3.8, 4) is 0 Å². The second kappa shape index (κ2) is 6.15. The molecule has 1 aromatic heterocycles. The molecule has 1 unspecified atom stereocenters. The highest BCUT2D eigenvalue weighted by Crippen LogP contribution is 2.34. The molecule has 2 amide bonds. The van der Waals surface area contributed by atoms with E-state index in [1.54, 1.807) is 24.5 Å². The molecule has 5 nitrogen and oxygen atoms in total. The van der Waals surface area contributed by atoms with E-state index in [0.29, 0.717) is 12.1 Å². The van der Waals surface area contributed by atoms with Crippen LogP contribution in [0.1, 0.15) is 24.0 Å². The Morgan fingerprint density at radius 2 is 2.14 bits per heavy atom. The van der Waals surface area contributed by atoms with Crippen molar-refractivity contribution in [2.45, 2.75) is 24.9 Å². The van der Waals surface area contributed by atoms with Gasteiger partial charge >= 0.3 is 6.03 Å². The van der Waals surface area contributed by atoms with Gasteiger partial charge in [0.25, 0.3) is 0 Å². The lowest BCUT2D eigenvalue weighted by molar-refractivity contribution is 0.0221. The Labute approximate surface area is 129 Å². The molecule has 3 rings (SSSR count). The smallest absolute Gasteiger partial charge is 0.319 e. The molecule has 0 bridgehead atoms. The second-order valence-corrected chi connectivity index (χ2v) is 5.59. The van der Waals surface area contributed by atoms with Crippen LogP contribution < -0.4 is 10.6 Å². The van der Waals surface area contributed by atoms with E-state index in [9.17, 15) is 9.90 Å². The Morgan fingerprint density at radius 3 is 2.95 bits per heavy atom. The number of aliphatic hydroxyl groups is 1. The topological polar surface area (TPSA) is 74.2 Å². The van der Waals surface area contributed by atoms with Crippen molar-refractivity contribution in [2.24, 2.45) is 0 Å². The number of urea groups is 1. The number of hydrogen-bond donors (Lipinski definition) is 3. The summed E-state index contributed by atoms with van der Waals surface area (Å²) in [6, 6.07) is 11.0. The van der Waals surface area contributed by atoms with Gasteiger partial charge < -0.3 is 15.7 Å². The third kappa shape index (κ3) is 3.09. The van der Waals surface area contributed by atoms with Crippen LogP contribution in [0.5, 0.6) is 0 Å². The maximum absolute atomic E-state index is 11.9. The summed E-state index contributed by atoms with van der Waals surface area (Å²) in [5, 5.41) is 16.3. The van der Waals surface area contributed by atoms with Crippen LogP contribution in [0.3, 0.4) is 0 Å². The zero-order chi connectivity index (χ0) is 15.4. The van der Waals surface area contributed by atoms with Crippen LogP contribution in [0.2, 0.25) is 0 Å². The number of aryl methyl sites for hydroxylation is 1. The van der Waals surface area contributed by atoms with Gasteiger partial charge in [-0.3, -0.25) is 4.98 Å². The molecule has 1 aliphatic carbocycles. The zero-order valence-corrected chi connectivity index (χ0v) is 12.2. The van der Waals surface area contributed by atoms with Crippen molar-refractivity contribution < 1.29 is 9.90 Å². The van der Waals surface area contributed by atoms with Gasteiger partial charge in [-0.25, -0.2) is 4.79 Å². The molecule has 22 heavy (non-hydrogen) atoms. The van der Waals surface area contributed by atoms with Gasteiger partial charge in [0.05, 0.1) is 18.4 Å². The molecule has 0 aliphatic heterocycles. The fourth-order valence-corrected chi connectivity index (χ4v) is 2.92. The molecule has 0 saturated heterocycles. The minimum absolute atomic E-state index is 0.191. The lowest BCUT2D eigenvalue weighted by Crippen LogP contribution is -2.44. The van der Waals surface area contributed by atoms with E-state index in [4.69, 9.17) is 0 Å². The normalized spacial score (nSPS) is 20.0. The van der Waals surface area contributed by atoms with Crippen molar-refractivity contribution in [3.05, 3.63) is 59.9 Å². The molecule has 1 aliphatic rings. The van der Waals surface area contributed by atoms with Gasteiger partial charge in [-0.1, -0.05) is 24.3 Å². The van der Waals surface area contributed by atoms with E-state index >= 15 is 0 Å². The summed E-state index contributed by atoms with van der Waals surface area (Å²) in [7, 11) is 0. The molecule has 1 heterocycles. The molecule has 0 fully saturated rings. The van der Waals surface area contributed by atoms with Gasteiger partial charge in [-0.2, -0.15) is 0 Å². The van der Waals surface area contributed by atoms with Crippen molar-refractivity contribution in [1.82, 2.24) is 10.3 Å². The number of nitrogens with zero attached hydrogens (tertiary/aromatic N) is 1. The average Bonchev–Trinajstić information content (AvgIpc) is 2.55. The number of aromatic nitrogens is 1. The second-order valence-electron chi connectivity index (χ2n) is 5.59. The molecule has 3 N–H and O–H groups in total. The van der Waals surface area contributed by atoms with Crippen LogP contribution in [-0.2, 0) is 12.0 Å². The van der Waals surface area contributed by atoms with Gasteiger partial charge in [-0.05, 0) is 42.5 Å². The Bertz CT molecular complexity index is 660. The first kappa shape index (κ1) is 14.5. The SMILES string of the molecule is O=C(NCC1(O)CCCc2ccccc21)Nc1cccnc1. The van der Waals surface area contributed by atoms with Crippen LogP contribution >= 0.6 is 0 Å². The molecule has 114 valence electrons. The highest BCUT2D eigenvalue weighted by molar-refractivity contribution is 5.89. The predicted molar refractivity (Wildman–Crippen MR) is 84.5 cm³/mol. The highest BCUT2D eigenvalue weighted by atomic mass is 16.3. The van der Waals surface area contributed by atoms with Crippen LogP contribution in [0, 0.1) is 0 Å². The number of rotatable bonds is 3. The fraction of sp³-hybridized carbons (Fsp3) is 0.294. The summed E-state index contributed by atoms with van der Waals surface area (Å²) >= 11 is 0. The number of pyridine rings is 1. The third-order valence-electron chi connectivity index (χ3n) is 4.02. The molecule has 0 saturated carbocycles. The number of carbonyl (C=O) groups is 1. The summed E-state index contributed by atoms with van der Waals surface area (Å²) in [4.78, 5) is 15.9. The van der Waals surface area contributed by atoms with E-state index < -0.39 is 5.60 Å². The number of hydrogen-bond acceptors (Lipinski definition) is 3. The number of carbonyl (C=O) groups excluding carboxylic acids is 1. The predicted octanol–water partition coefficient (Wildman–Crippen LogP) is 2.43. The average molecular weight is 297 g/mol. The first-order valence-electron chi connectivity index (χ1n) is 7.43. The van der Waals surface area contributed by atoms with E-state index in [1.807, 2.05) is 24.3 Å². The number of amides is 2. The molecule has 1 atom stereocenters. The Balaban J connectivity index is 1.65. The minimum Gasteiger partial charge on any atom is -0.383 e. The van der Waals surface area contributed by atoms with E-state index in [-0.39, 0.29) is 12.6 Å². The minimum atomic E-state index is -0.999. The molecule has 2 aromatic rings. The number of nitrogens with one attached hydrogen (secondary N) is 2. The van der Waals surface area contributed by atoms with Crippen LogP contribution in [0.4, 0.5) is 10.5 Å². The number of fused-ring (bicyclic) bond motifs is 1. The Kier molecular flexibility index (Phi) is 4.06. The third-order valence-corrected chi connectivity index (χ3v) is 4.02. The van der Waals surface area contributed by atoms with Gasteiger partial charge in [0.1, 0.15) is 5.60 Å². The summed E-state index contributed by atoms with van der Waals surface area (Å²) in [5.41, 5.74) is 1.70. The quantitative estimate of drug-likeness (QED) is 0.814. The molecular formula is C17H19N3O2. The maximum atomic E-state index is 11.9. The van der Waals surface area contributed by atoms with Gasteiger partial charge in [-0.15, -0.1) is 0 Å². The summed E-state index contributed by atoms with van der Waals surface area (Å²) in [6.07, 6.45) is 5.76. The van der Waals surface area contributed by atoms with Crippen molar-refractivity contribution >= 4 is 11.7 Å². The summed E-state index contributed by atoms with van der Waals surface area (Å²) < 4.78 is 0. The van der Waals surface area contributed by atoms with Crippen LogP contribution in [0.25, 0.3) is 0 Å².